The maximum atomic E-state index is 13.1. The molecule has 0 aromatic carbocycles. The van der Waals surface area contributed by atoms with Gasteiger partial charge in [-0.05, 0) is 62.2 Å². The van der Waals surface area contributed by atoms with Gasteiger partial charge in [0.25, 0.3) is 0 Å². The van der Waals surface area contributed by atoms with Crippen LogP contribution in [0.4, 0.5) is 0 Å². The molecule has 7 heteroatoms. The number of Topliss-reactive ketones (excluding diaryl/α,β-unsaturated/α-hetero) is 1. The highest BCUT2D eigenvalue weighted by atomic mass is 32.2. The number of hydrogen-bond acceptors (Lipinski definition) is 7. The van der Waals surface area contributed by atoms with Gasteiger partial charge in [0.05, 0.1) is 18.0 Å². The summed E-state index contributed by atoms with van der Waals surface area (Å²) < 4.78 is 6.18. The van der Waals surface area contributed by atoms with Gasteiger partial charge in [0, 0.05) is 29.0 Å². The lowest BCUT2D eigenvalue weighted by atomic mass is 9.61. The molecule has 0 saturated heterocycles. The number of nitrogens with two attached hydrogens (primary N) is 1. The van der Waals surface area contributed by atoms with E-state index in [4.69, 9.17) is 10.5 Å². The Morgan fingerprint density at radius 1 is 1.22 bits per heavy atom. The molecular formula is C25H41NO5S. The molecule has 0 aromatic rings. The van der Waals surface area contributed by atoms with Crippen molar-refractivity contribution in [1.29, 1.82) is 0 Å². The van der Waals surface area contributed by atoms with Gasteiger partial charge in [-0.3, -0.25) is 9.59 Å². The molecule has 0 heterocycles. The fourth-order valence-electron chi connectivity index (χ4n) is 7.75. The number of ketones is 1. The number of hydrogen-bond donors (Lipinski definition) is 3. The average Bonchev–Trinajstić information content (AvgIpc) is 3.16. The molecule has 6 nitrogen and oxygen atoms in total. The van der Waals surface area contributed by atoms with Crippen molar-refractivity contribution in [2.75, 3.05) is 5.75 Å². The van der Waals surface area contributed by atoms with E-state index in [1.165, 1.54) is 11.8 Å². The van der Waals surface area contributed by atoms with E-state index in [2.05, 4.69) is 20.8 Å². The Kier molecular flexibility index (Phi) is 7.04. The largest absolute Gasteiger partial charge is 0.461 e. The Balaban J connectivity index is 1.52. The monoisotopic (exact) mass is 467 g/mol. The van der Waals surface area contributed by atoms with Crippen molar-refractivity contribution in [2.45, 2.75) is 108 Å². The molecule has 0 amide bonds. The topological polar surface area (TPSA) is 110 Å². The van der Waals surface area contributed by atoms with Crippen molar-refractivity contribution in [3.05, 3.63) is 0 Å². The highest BCUT2D eigenvalue weighted by Crippen LogP contribution is 2.68. The second-order valence-corrected chi connectivity index (χ2v) is 12.6. The maximum Gasteiger partial charge on any atom is 0.316 e. The van der Waals surface area contributed by atoms with Crippen molar-refractivity contribution in [1.82, 2.24) is 0 Å². The molecule has 4 saturated carbocycles. The van der Waals surface area contributed by atoms with E-state index in [0.29, 0.717) is 25.7 Å². The van der Waals surface area contributed by atoms with Crippen molar-refractivity contribution < 1.29 is 24.5 Å². The third-order valence-electron chi connectivity index (χ3n) is 9.58. The van der Waals surface area contributed by atoms with Gasteiger partial charge in [-0.1, -0.05) is 27.2 Å². The van der Waals surface area contributed by atoms with Gasteiger partial charge in [-0.25, -0.2) is 0 Å². The standard InChI is InChI=1S/C25H41NO5S/c1-4-15-9-21(31-22(30)13-32-20-6-5-16(26)10-18(20)28)24(3)14(2)11-25(12-19(15)29)8-7-17(27)23(24)25/h14-16,18-21,23,28-29H,4-13,26H2,1-3H3/t14-,15+,16-,18-,19+,20-,21+,23+,24+,25-/m1/s1. The lowest BCUT2D eigenvalue weighted by molar-refractivity contribution is -0.166. The van der Waals surface area contributed by atoms with Crippen LogP contribution in [0.15, 0.2) is 0 Å². The maximum absolute atomic E-state index is 13.1. The van der Waals surface area contributed by atoms with Gasteiger partial charge in [-0.15, -0.1) is 11.8 Å². The van der Waals surface area contributed by atoms with E-state index < -0.39 is 17.6 Å². The summed E-state index contributed by atoms with van der Waals surface area (Å²) in [6, 6.07) is 0.0362. The van der Waals surface area contributed by atoms with Gasteiger partial charge in [0.1, 0.15) is 11.9 Å². The molecule has 0 spiro atoms. The summed E-state index contributed by atoms with van der Waals surface area (Å²) in [5, 5.41) is 21.4. The van der Waals surface area contributed by atoms with Crippen molar-refractivity contribution >= 4 is 23.5 Å². The molecule has 2 bridgehead atoms. The highest BCUT2D eigenvalue weighted by molar-refractivity contribution is 8.00. The molecule has 0 unspecified atom stereocenters. The van der Waals surface area contributed by atoms with E-state index >= 15 is 0 Å². The summed E-state index contributed by atoms with van der Waals surface area (Å²) >= 11 is 1.46. The van der Waals surface area contributed by atoms with E-state index in [0.717, 1.165) is 32.1 Å². The van der Waals surface area contributed by atoms with Crippen molar-refractivity contribution in [3.8, 4) is 0 Å². The Morgan fingerprint density at radius 3 is 2.66 bits per heavy atom. The molecule has 4 aliphatic rings. The molecule has 4 aliphatic carbocycles. The fourth-order valence-corrected chi connectivity index (χ4v) is 8.80. The number of aliphatic hydroxyl groups is 2. The molecule has 0 aromatic heterocycles. The number of aliphatic hydroxyl groups excluding tert-OH is 2. The predicted molar refractivity (Wildman–Crippen MR) is 125 cm³/mol. The number of rotatable bonds is 5. The molecular weight excluding hydrogens is 426 g/mol. The second kappa shape index (κ2) is 9.20. The Bertz CT molecular complexity index is 733. The smallest absolute Gasteiger partial charge is 0.316 e. The summed E-state index contributed by atoms with van der Waals surface area (Å²) in [5.41, 5.74) is 5.40. The van der Waals surface area contributed by atoms with Crippen LogP contribution in [-0.4, -0.2) is 57.3 Å². The fraction of sp³-hybridized carbons (Fsp3) is 0.920. The third kappa shape index (κ3) is 4.16. The van der Waals surface area contributed by atoms with Gasteiger partial charge in [0.2, 0.25) is 0 Å². The van der Waals surface area contributed by atoms with Gasteiger partial charge >= 0.3 is 5.97 Å². The molecule has 182 valence electrons. The first-order chi connectivity index (χ1) is 15.1. The Morgan fingerprint density at radius 2 is 1.97 bits per heavy atom. The number of esters is 1. The molecule has 4 fully saturated rings. The van der Waals surface area contributed by atoms with E-state index in [1.54, 1.807) is 0 Å². The molecule has 0 aliphatic heterocycles. The summed E-state index contributed by atoms with van der Waals surface area (Å²) in [5.74, 6) is 0.400. The first-order valence-electron chi connectivity index (χ1n) is 12.6. The van der Waals surface area contributed by atoms with Crippen LogP contribution in [0.5, 0.6) is 0 Å². The van der Waals surface area contributed by atoms with Crippen LogP contribution in [0.2, 0.25) is 0 Å². The zero-order chi connectivity index (χ0) is 23.3. The Labute approximate surface area is 196 Å². The number of carbonyl (C=O) groups is 2. The first-order valence-corrected chi connectivity index (χ1v) is 13.6. The lowest BCUT2D eigenvalue weighted by Gasteiger charge is -2.46. The quantitative estimate of drug-likeness (QED) is 0.533. The minimum Gasteiger partial charge on any atom is -0.461 e. The van der Waals surface area contributed by atoms with E-state index in [1.807, 2.05) is 0 Å². The van der Waals surface area contributed by atoms with E-state index in [9.17, 15) is 19.8 Å². The molecule has 4 N–H and O–H groups in total. The first kappa shape index (κ1) is 24.5. The molecule has 32 heavy (non-hydrogen) atoms. The number of thioether (sulfide) groups is 1. The summed E-state index contributed by atoms with van der Waals surface area (Å²) in [6.45, 7) is 6.44. The van der Waals surface area contributed by atoms with Crippen LogP contribution in [0.3, 0.4) is 0 Å². The lowest BCUT2D eigenvalue weighted by Crippen LogP contribution is -2.50. The molecule has 4 rings (SSSR count). The van der Waals surface area contributed by atoms with E-state index in [-0.39, 0.29) is 58.1 Å². The van der Waals surface area contributed by atoms with Crippen LogP contribution in [0, 0.1) is 28.6 Å². The second-order valence-electron chi connectivity index (χ2n) is 11.4. The van der Waals surface area contributed by atoms with Crippen LogP contribution >= 0.6 is 11.8 Å². The SMILES string of the molecule is CC[C@H]1C[C@H](OC(=O)CS[C@@H]2CC[C@@H](N)C[C@H]2O)[C@]2(C)[C@H](C)C[C@]3(CCC(=O)[C@H]32)C[C@@H]1O. The summed E-state index contributed by atoms with van der Waals surface area (Å²) in [7, 11) is 0. The Hall–Kier alpha value is -0.630. The van der Waals surface area contributed by atoms with Crippen LogP contribution in [0.25, 0.3) is 0 Å². The zero-order valence-electron chi connectivity index (χ0n) is 19.8. The minimum absolute atomic E-state index is 0.00921. The van der Waals surface area contributed by atoms with Crippen molar-refractivity contribution in [3.63, 3.8) is 0 Å². The highest BCUT2D eigenvalue weighted by Gasteiger charge is 2.68. The van der Waals surface area contributed by atoms with Crippen LogP contribution in [-0.2, 0) is 14.3 Å². The zero-order valence-corrected chi connectivity index (χ0v) is 20.6. The molecule has 10 atom stereocenters. The summed E-state index contributed by atoms with van der Waals surface area (Å²) in [6.07, 6.45) is 5.42. The molecule has 0 radical (unpaired) electrons. The predicted octanol–water partition coefficient (Wildman–Crippen LogP) is 3.06. The van der Waals surface area contributed by atoms with Crippen molar-refractivity contribution in [2.24, 2.45) is 34.3 Å². The minimum atomic E-state index is -0.485. The normalized spacial score (nSPS) is 48.8. The number of carbonyl (C=O) groups excluding carboxylic acids is 2. The summed E-state index contributed by atoms with van der Waals surface area (Å²) in [4.78, 5) is 26.1. The van der Waals surface area contributed by atoms with Gasteiger partial charge in [0.15, 0.2) is 0 Å². The van der Waals surface area contributed by atoms with Crippen LogP contribution < -0.4 is 5.73 Å². The van der Waals surface area contributed by atoms with Gasteiger partial charge in [-0.2, -0.15) is 0 Å². The van der Waals surface area contributed by atoms with Crippen LogP contribution in [0.1, 0.15) is 78.6 Å². The third-order valence-corrected chi connectivity index (χ3v) is 11.0. The number of ether oxygens (including phenoxy) is 1. The average molecular weight is 468 g/mol. The van der Waals surface area contributed by atoms with Gasteiger partial charge < -0.3 is 20.7 Å².